The van der Waals surface area contributed by atoms with Crippen LogP contribution < -0.4 is 5.73 Å². The number of benzene rings is 1. The third-order valence-electron chi connectivity index (χ3n) is 3.12. The third-order valence-corrected chi connectivity index (χ3v) is 3.12. The SMILES string of the molecule is Cc1ccc(CN=C(N)N(C)C2CC2)cc1F.I. The van der Waals surface area contributed by atoms with Gasteiger partial charge in [0.15, 0.2) is 5.96 Å². The summed E-state index contributed by atoms with van der Waals surface area (Å²) in [5, 5.41) is 0. The summed E-state index contributed by atoms with van der Waals surface area (Å²) < 4.78 is 13.3. The molecule has 0 atom stereocenters. The summed E-state index contributed by atoms with van der Waals surface area (Å²) in [6.45, 7) is 2.18. The Balaban J connectivity index is 0.00000162. The second-order valence-corrected chi connectivity index (χ2v) is 4.60. The fourth-order valence-electron chi connectivity index (χ4n) is 1.67. The van der Waals surface area contributed by atoms with Crippen LogP contribution in [0.3, 0.4) is 0 Å². The Morgan fingerprint density at radius 1 is 1.50 bits per heavy atom. The molecule has 18 heavy (non-hydrogen) atoms. The number of aliphatic imine (C=N–C) groups is 1. The van der Waals surface area contributed by atoms with Crippen molar-refractivity contribution in [2.24, 2.45) is 10.7 Å². The van der Waals surface area contributed by atoms with E-state index in [0.717, 1.165) is 5.56 Å². The van der Waals surface area contributed by atoms with Gasteiger partial charge in [0.25, 0.3) is 0 Å². The Morgan fingerprint density at radius 2 is 2.17 bits per heavy atom. The fraction of sp³-hybridized carbons (Fsp3) is 0.462. The third kappa shape index (κ3) is 3.83. The molecule has 0 bridgehead atoms. The molecule has 5 heteroatoms. The largest absolute Gasteiger partial charge is 0.370 e. The van der Waals surface area contributed by atoms with Crippen LogP contribution in [0.5, 0.6) is 0 Å². The van der Waals surface area contributed by atoms with Crippen molar-refractivity contribution in [3.8, 4) is 0 Å². The van der Waals surface area contributed by atoms with Crippen LogP contribution in [0.25, 0.3) is 0 Å². The minimum absolute atomic E-state index is 0. The lowest BCUT2D eigenvalue weighted by atomic mass is 10.1. The highest BCUT2D eigenvalue weighted by molar-refractivity contribution is 14.0. The van der Waals surface area contributed by atoms with Crippen LogP contribution >= 0.6 is 24.0 Å². The molecule has 1 aromatic carbocycles. The van der Waals surface area contributed by atoms with Crippen LogP contribution in [0.15, 0.2) is 23.2 Å². The minimum Gasteiger partial charge on any atom is -0.370 e. The first-order valence-electron chi connectivity index (χ1n) is 5.85. The van der Waals surface area contributed by atoms with Crippen molar-refractivity contribution in [2.75, 3.05) is 7.05 Å². The van der Waals surface area contributed by atoms with Gasteiger partial charge < -0.3 is 10.6 Å². The van der Waals surface area contributed by atoms with E-state index in [-0.39, 0.29) is 29.8 Å². The van der Waals surface area contributed by atoms with Crippen molar-refractivity contribution < 1.29 is 4.39 Å². The number of nitrogens with two attached hydrogens (primary N) is 1. The standard InChI is InChI=1S/C13H18FN3.HI/c1-9-3-4-10(7-12(9)14)8-16-13(15)17(2)11-5-6-11;/h3-4,7,11H,5-6,8H2,1-2H3,(H2,15,16);1H. The molecule has 1 aliphatic rings. The zero-order valence-electron chi connectivity index (χ0n) is 10.7. The molecule has 0 aliphatic heterocycles. The summed E-state index contributed by atoms with van der Waals surface area (Å²) >= 11 is 0. The van der Waals surface area contributed by atoms with Crippen molar-refractivity contribution >= 4 is 29.9 Å². The van der Waals surface area contributed by atoms with Gasteiger partial charge in [-0.25, -0.2) is 9.38 Å². The second kappa shape index (κ2) is 6.36. The first kappa shape index (κ1) is 15.2. The number of nitrogens with zero attached hydrogens (tertiary/aromatic N) is 2. The summed E-state index contributed by atoms with van der Waals surface area (Å²) in [6.07, 6.45) is 2.37. The van der Waals surface area contributed by atoms with E-state index >= 15 is 0 Å². The summed E-state index contributed by atoms with van der Waals surface area (Å²) in [5.74, 6) is 0.348. The first-order chi connectivity index (χ1) is 8.08. The molecule has 0 aromatic heterocycles. The fourth-order valence-corrected chi connectivity index (χ4v) is 1.67. The molecule has 1 aliphatic carbocycles. The van der Waals surface area contributed by atoms with E-state index in [9.17, 15) is 4.39 Å². The van der Waals surface area contributed by atoms with Crippen molar-refractivity contribution in [1.82, 2.24) is 4.90 Å². The van der Waals surface area contributed by atoms with E-state index < -0.39 is 0 Å². The maximum atomic E-state index is 13.3. The van der Waals surface area contributed by atoms with Gasteiger partial charge in [-0.2, -0.15) is 0 Å². The number of hydrogen-bond donors (Lipinski definition) is 1. The Kier molecular flexibility index (Phi) is 5.37. The topological polar surface area (TPSA) is 41.6 Å². The average molecular weight is 363 g/mol. The number of aryl methyl sites for hydroxylation is 1. The van der Waals surface area contributed by atoms with Crippen molar-refractivity contribution in [3.05, 3.63) is 35.1 Å². The molecule has 0 spiro atoms. The van der Waals surface area contributed by atoms with Crippen molar-refractivity contribution in [3.63, 3.8) is 0 Å². The highest BCUT2D eigenvalue weighted by atomic mass is 127. The normalized spacial score (nSPS) is 15.2. The van der Waals surface area contributed by atoms with Gasteiger partial charge in [-0.1, -0.05) is 12.1 Å². The van der Waals surface area contributed by atoms with Crippen LogP contribution in [0, 0.1) is 12.7 Å². The number of hydrogen-bond acceptors (Lipinski definition) is 1. The van der Waals surface area contributed by atoms with Gasteiger partial charge in [0.2, 0.25) is 0 Å². The minimum atomic E-state index is -0.188. The molecule has 3 nitrogen and oxygen atoms in total. The summed E-state index contributed by atoms with van der Waals surface area (Å²) in [6, 6.07) is 5.71. The summed E-state index contributed by atoms with van der Waals surface area (Å²) in [7, 11) is 1.95. The molecule has 2 rings (SSSR count). The Hall–Kier alpha value is -0.850. The number of halogens is 2. The molecular weight excluding hydrogens is 344 g/mol. The van der Waals surface area contributed by atoms with Gasteiger partial charge in [-0.15, -0.1) is 24.0 Å². The van der Waals surface area contributed by atoms with E-state index in [4.69, 9.17) is 5.73 Å². The highest BCUT2D eigenvalue weighted by Crippen LogP contribution is 2.24. The summed E-state index contributed by atoms with van der Waals surface area (Å²) in [5.41, 5.74) is 7.36. The van der Waals surface area contributed by atoms with Crippen LogP contribution in [-0.4, -0.2) is 23.9 Å². The van der Waals surface area contributed by atoms with E-state index in [1.807, 2.05) is 18.0 Å². The lowest BCUT2D eigenvalue weighted by Gasteiger charge is -2.16. The Morgan fingerprint density at radius 3 is 2.72 bits per heavy atom. The molecule has 0 unspecified atom stereocenters. The van der Waals surface area contributed by atoms with Crippen LogP contribution in [0.1, 0.15) is 24.0 Å². The quantitative estimate of drug-likeness (QED) is 0.510. The molecular formula is C13H19FIN3. The zero-order valence-corrected chi connectivity index (χ0v) is 13.0. The monoisotopic (exact) mass is 363 g/mol. The lowest BCUT2D eigenvalue weighted by Crippen LogP contribution is -2.35. The smallest absolute Gasteiger partial charge is 0.191 e. The molecule has 0 radical (unpaired) electrons. The molecule has 1 aromatic rings. The molecule has 100 valence electrons. The maximum Gasteiger partial charge on any atom is 0.191 e. The van der Waals surface area contributed by atoms with E-state index in [2.05, 4.69) is 4.99 Å². The number of guanidine groups is 1. The molecule has 1 fully saturated rings. The van der Waals surface area contributed by atoms with Crippen LogP contribution in [0.4, 0.5) is 4.39 Å². The van der Waals surface area contributed by atoms with Gasteiger partial charge in [0.1, 0.15) is 5.82 Å². The highest BCUT2D eigenvalue weighted by Gasteiger charge is 2.27. The number of rotatable bonds is 3. The summed E-state index contributed by atoms with van der Waals surface area (Å²) in [4.78, 5) is 6.27. The molecule has 0 heterocycles. The van der Waals surface area contributed by atoms with Crippen molar-refractivity contribution in [1.29, 1.82) is 0 Å². The van der Waals surface area contributed by atoms with Gasteiger partial charge in [0, 0.05) is 13.1 Å². The van der Waals surface area contributed by atoms with Gasteiger partial charge in [-0.3, -0.25) is 0 Å². The first-order valence-corrected chi connectivity index (χ1v) is 5.85. The predicted molar refractivity (Wildman–Crippen MR) is 82.7 cm³/mol. The lowest BCUT2D eigenvalue weighted by molar-refractivity contribution is 0.487. The van der Waals surface area contributed by atoms with Gasteiger partial charge >= 0.3 is 0 Å². The Labute approximate surface area is 124 Å². The molecule has 1 saturated carbocycles. The Bertz CT molecular complexity index is 444. The second-order valence-electron chi connectivity index (χ2n) is 4.60. The molecule has 0 amide bonds. The van der Waals surface area contributed by atoms with Gasteiger partial charge in [-0.05, 0) is 37.0 Å². The predicted octanol–water partition coefficient (Wildman–Crippen LogP) is 2.66. The van der Waals surface area contributed by atoms with Crippen molar-refractivity contribution in [2.45, 2.75) is 32.4 Å². The van der Waals surface area contributed by atoms with Gasteiger partial charge in [0.05, 0.1) is 6.54 Å². The van der Waals surface area contributed by atoms with E-state index in [0.29, 0.717) is 24.1 Å². The maximum absolute atomic E-state index is 13.3. The molecule has 2 N–H and O–H groups in total. The average Bonchev–Trinajstić information content (AvgIpc) is 3.13. The van der Waals surface area contributed by atoms with E-state index in [1.54, 1.807) is 13.0 Å². The van der Waals surface area contributed by atoms with E-state index in [1.165, 1.54) is 18.9 Å². The van der Waals surface area contributed by atoms with Crippen LogP contribution in [-0.2, 0) is 6.54 Å². The van der Waals surface area contributed by atoms with Crippen LogP contribution in [0.2, 0.25) is 0 Å². The zero-order chi connectivity index (χ0) is 12.4. The molecule has 0 saturated heterocycles.